The Morgan fingerprint density at radius 3 is 2.02 bits per heavy atom. The van der Waals surface area contributed by atoms with Crippen LogP contribution in [0.5, 0.6) is 0 Å². The van der Waals surface area contributed by atoms with Crippen LogP contribution in [0.2, 0.25) is 0 Å². The summed E-state index contributed by atoms with van der Waals surface area (Å²) >= 11 is 1.51. The van der Waals surface area contributed by atoms with Gasteiger partial charge in [0.1, 0.15) is 30.2 Å². The van der Waals surface area contributed by atoms with E-state index in [0.29, 0.717) is 62.3 Å². The summed E-state index contributed by atoms with van der Waals surface area (Å²) in [6, 6.07) is -1.81. The summed E-state index contributed by atoms with van der Waals surface area (Å²) in [6.45, 7) is 6.31. The number of aliphatic hydroxyl groups excluding tert-OH is 1. The molecule has 15 nitrogen and oxygen atoms in total. The number of Topliss-reactive ketones (excluding diaryl/α,β-unsaturated/α-hetero) is 1. The summed E-state index contributed by atoms with van der Waals surface area (Å²) in [7, 11) is 0. The quantitative estimate of drug-likeness (QED) is 0.114. The third-order valence-electron chi connectivity index (χ3n) is 12.0. The fraction of sp³-hybridized carbons (Fsp3) is 0.721. The second-order valence-corrected chi connectivity index (χ2v) is 17.5. The molecule has 1 aromatic heterocycles. The number of aromatic nitrogens is 1. The van der Waals surface area contributed by atoms with Crippen LogP contribution in [0.3, 0.4) is 0 Å². The van der Waals surface area contributed by atoms with E-state index in [9.17, 15) is 38.7 Å². The highest BCUT2D eigenvalue weighted by molar-refractivity contribution is 7.98. The van der Waals surface area contributed by atoms with Crippen LogP contribution in [0, 0.1) is 11.8 Å². The average Bonchev–Trinajstić information content (AvgIpc) is 3.75. The topological polar surface area (TPSA) is 207 Å². The molecule has 3 fully saturated rings. The molecule has 5 N–H and O–H groups in total. The van der Waals surface area contributed by atoms with E-state index in [1.165, 1.54) is 47.3 Å². The van der Waals surface area contributed by atoms with E-state index in [1.807, 2.05) is 13.2 Å². The van der Waals surface area contributed by atoms with Gasteiger partial charge in [-0.2, -0.15) is 11.8 Å². The van der Waals surface area contributed by atoms with Crippen molar-refractivity contribution in [1.29, 1.82) is 0 Å². The Kier molecular flexibility index (Phi) is 19.6. The van der Waals surface area contributed by atoms with E-state index in [1.54, 1.807) is 12.1 Å². The van der Waals surface area contributed by atoms with Crippen LogP contribution < -0.4 is 21.3 Å². The van der Waals surface area contributed by atoms with Crippen LogP contribution in [-0.4, -0.2) is 129 Å². The number of likely N-dealkylation sites (tertiary alicyclic amines) is 2. The zero-order chi connectivity index (χ0) is 42.9. The number of pyridine rings is 1. The molecule has 4 rings (SSSR count). The summed E-state index contributed by atoms with van der Waals surface area (Å²) in [6.07, 6.45) is 13.3. The highest BCUT2D eigenvalue weighted by Gasteiger charge is 2.42. The fourth-order valence-electron chi connectivity index (χ4n) is 8.58. The van der Waals surface area contributed by atoms with Crippen molar-refractivity contribution in [3.63, 3.8) is 0 Å². The number of carbonyl (C=O) groups excluding carboxylic acids is 7. The maximum absolute atomic E-state index is 14.5. The molecule has 2 saturated heterocycles. The smallest absolute Gasteiger partial charge is 0.245 e. The van der Waals surface area contributed by atoms with Gasteiger partial charge in [0.25, 0.3) is 0 Å². The second kappa shape index (κ2) is 24.3. The first-order valence-corrected chi connectivity index (χ1v) is 23.1. The Hall–Kier alpha value is -4.05. The van der Waals surface area contributed by atoms with Crippen molar-refractivity contribution in [2.24, 2.45) is 11.8 Å². The number of hydrogen-bond acceptors (Lipinski definition) is 10. The molecular formula is C43H67N7O8S. The van der Waals surface area contributed by atoms with Gasteiger partial charge in [-0.1, -0.05) is 46.0 Å². The number of aliphatic hydroxyl groups is 1. The predicted molar refractivity (Wildman–Crippen MR) is 226 cm³/mol. The third kappa shape index (κ3) is 14.0. The minimum Gasteiger partial charge on any atom is -0.391 e. The summed E-state index contributed by atoms with van der Waals surface area (Å²) in [5.74, 6) is -1.78. The summed E-state index contributed by atoms with van der Waals surface area (Å²) < 4.78 is 0. The molecule has 1 aromatic rings. The Morgan fingerprint density at radius 1 is 0.797 bits per heavy atom. The zero-order valence-electron chi connectivity index (χ0n) is 35.4. The molecule has 0 spiro atoms. The number of carbonyl (C=O) groups is 7. The third-order valence-corrected chi connectivity index (χ3v) is 12.7. The molecule has 1 aliphatic carbocycles. The lowest BCUT2D eigenvalue weighted by Gasteiger charge is -2.38. The molecule has 6 amide bonds. The van der Waals surface area contributed by atoms with Crippen molar-refractivity contribution in [1.82, 2.24) is 36.1 Å². The molecule has 59 heavy (non-hydrogen) atoms. The van der Waals surface area contributed by atoms with Gasteiger partial charge in [-0.05, 0) is 94.3 Å². The summed E-state index contributed by atoms with van der Waals surface area (Å²) in [5.41, 5.74) is 0.456. The van der Waals surface area contributed by atoms with Gasteiger partial charge in [-0.3, -0.25) is 38.5 Å². The highest BCUT2D eigenvalue weighted by atomic mass is 32.2. The van der Waals surface area contributed by atoms with E-state index < -0.39 is 65.8 Å². The largest absolute Gasteiger partial charge is 0.391 e. The Bertz CT molecular complexity index is 1580. The van der Waals surface area contributed by atoms with E-state index in [-0.39, 0.29) is 56.4 Å². The van der Waals surface area contributed by atoms with Gasteiger partial charge in [0.2, 0.25) is 35.4 Å². The number of nitrogens with zero attached hydrogens (tertiary/aromatic N) is 3. The molecule has 7 atom stereocenters. The van der Waals surface area contributed by atoms with Crippen molar-refractivity contribution in [3.8, 4) is 0 Å². The molecule has 0 aromatic carbocycles. The molecular weight excluding hydrogens is 775 g/mol. The van der Waals surface area contributed by atoms with Crippen molar-refractivity contribution < 1.29 is 38.7 Å². The maximum atomic E-state index is 14.5. The lowest BCUT2D eigenvalue weighted by molar-refractivity contribution is -0.147. The van der Waals surface area contributed by atoms with E-state index >= 15 is 0 Å². The van der Waals surface area contributed by atoms with Crippen molar-refractivity contribution in [2.45, 2.75) is 153 Å². The molecule has 2 aliphatic heterocycles. The summed E-state index contributed by atoms with van der Waals surface area (Å²) in [4.78, 5) is 103. The first kappa shape index (κ1) is 47.6. The average molecular weight is 842 g/mol. The number of piperidine rings is 1. The Balaban J connectivity index is 1.49. The molecule has 3 heterocycles. The normalized spacial score (nSPS) is 21.0. The monoisotopic (exact) mass is 841 g/mol. The van der Waals surface area contributed by atoms with Crippen LogP contribution in [0.4, 0.5) is 0 Å². The van der Waals surface area contributed by atoms with Gasteiger partial charge in [0.05, 0.1) is 6.10 Å². The van der Waals surface area contributed by atoms with Crippen LogP contribution >= 0.6 is 11.8 Å². The highest BCUT2D eigenvalue weighted by Crippen LogP contribution is 2.31. The van der Waals surface area contributed by atoms with E-state index in [4.69, 9.17) is 0 Å². The Morgan fingerprint density at radius 2 is 1.39 bits per heavy atom. The van der Waals surface area contributed by atoms with E-state index in [0.717, 1.165) is 25.7 Å². The van der Waals surface area contributed by atoms with Gasteiger partial charge in [-0.15, -0.1) is 0 Å². The minimum absolute atomic E-state index is 0.000790. The number of thioether (sulfide) groups is 1. The predicted octanol–water partition coefficient (Wildman–Crippen LogP) is 3.14. The first-order valence-electron chi connectivity index (χ1n) is 21.7. The molecule has 1 saturated carbocycles. The molecule has 328 valence electrons. The lowest BCUT2D eigenvalue weighted by atomic mass is 9.79. The first-order chi connectivity index (χ1) is 28.4. The molecule has 0 unspecified atom stereocenters. The van der Waals surface area contributed by atoms with Gasteiger partial charge in [0.15, 0.2) is 5.78 Å². The van der Waals surface area contributed by atoms with E-state index in [2.05, 4.69) is 33.2 Å². The standard InChI is InChI=1S/C43H67N7O8S/c1-5-21-45-41(56)38(29(3)51)48-40(55)35-15-11-25-50(35)43(58)33(20-26-59-4)47-39(54)34-14-9-10-24-49(34)42(57)32(16-17-36(52)31-18-22-44-23-19-31)46-37(53)27-28(2)30-12-7-6-8-13-30/h18-19,22-23,28-30,32-35,38,51H,5-17,20-21,24-27H2,1-4H3,(H,45,56)(H,46,53)(H,47,54)(H,48,55)/t28-,29+,32-,33-,34-,35-,38-/m0/s1. The molecule has 0 radical (unpaired) electrons. The van der Waals surface area contributed by atoms with Crippen molar-refractivity contribution in [2.75, 3.05) is 31.6 Å². The lowest BCUT2D eigenvalue weighted by Crippen LogP contribution is -2.61. The molecule has 3 aliphatic rings. The number of ketones is 1. The van der Waals surface area contributed by atoms with Crippen LogP contribution in [0.1, 0.15) is 127 Å². The maximum Gasteiger partial charge on any atom is 0.245 e. The van der Waals surface area contributed by atoms with Gasteiger partial charge in [-0.25, -0.2) is 0 Å². The van der Waals surface area contributed by atoms with Crippen LogP contribution in [0.25, 0.3) is 0 Å². The number of hydrogen-bond donors (Lipinski definition) is 5. The number of nitrogens with one attached hydrogen (secondary N) is 4. The SMILES string of the molecule is CCCNC(=O)[C@@H](NC(=O)[C@@H]1CCCN1C(=O)[C@H](CCSC)NC(=O)[C@@H]1CCCCN1C(=O)[C@H](CCC(=O)c1ccncc1)NC(=O)C[C@H](C)C1CCCCC1)[C@@H](C)O. The Labute approximate surface area is 353 Å². The second-order valence-electron chi connectivity index (χ2n) is 16.5. The zero-order valence-corrected chi connectivity index (χ0v) is 36.2. The minimum atomic E-state index is -1.20. The molecule has 16 heteroatoms. The summed E-state index contributed by atoms with van der Waals surface area (Å²) in [5, 5.41) is 21.5. The van der Waals surface area contributed by atoms with Gasteiger partial charge < -0.3 is 36.2 Å². The molecule has 0 bridgehead atoms. The van der Waals surface area contributed by atoms with Crippen molar-refractivity contribution >= 4 is 53.0 Å². The van der Waals surface area contributed by atoms with Crippen LogP contribution in [0.15, 0.2) is 24.5 Å². The number of amides is 6. The fourth-order valence-corrected chi connectivity index (χ4v) is 9.05. The van der Waals surface area contributed by atoms with Gasteiger partial charge in [0, 0.05) is 50.4 Å². The number of rotatable bonds is 21. The van der Waals surface area contributed by atoms with Gasteiger partial charge >= 0.3 is 0 Å². The van der Waals surface area contributed by atoms with Crippen LogP contribution in [-0.2, 0) is 28.8 Å². The van der Waals surface area contributed by atoms with Crippen molar-refractivity contribution in [3.05, 3.63) is 30.1 Å².